The van der Waals surface area contributed by atoms with Crippen LogP contribution in [0.1, 0.15) is 19.3 Å². The molecule has 0 spiro atoms. The number of ether oxygens (including phenoxy) is 1. The number of amides is 1. The summed E-state index contributed by atoms with van der Waals surface area (Å²) < 4.78 is 31.7. The summed E-state index contributed by atoms with van der Waals surface area (Å²) >= 11 is 0.602. The SMILES string of the molecule is O=C(COc1cccc2ccccc12)NCCCCC(C(=O)O)N(c1ccc(-c2ccc(Br)cc2)cc1)S(=O)[O-]. The van der Waals surface area contributed by atoms with E-state index in [1.165, 1.54) is 0 Å². The molecule has 4 aromatic carbocycles. The molecule has 0 bridgehead atoms. The minimum Gasteiger partial charge on any atom is -0.755 e. The maximum Gasteiger partial charge on any atom is 0.327 e. The molecule has 2 unspecified atom stereocenters. The average molecular weight is 625 g/mol. The largest absolute Gasteiger partial charge is 0.755 e. The summed E-state index contributed by atoms with van der Waals surface area (Å²) in [6.45, 7) is 0.164. The first-order chi connectivity index (χ1) is 19.3. The van der Waals surface area contributed by atoms with Crippen molar-refractivity contribution in [3.05, 3.63) is 95.5 Å². The van der Waals surface area contributed by atoms with Crippen LogP contribution in [0, 0.1) is 0 Å². The van der Waals surface area contributed by atoms with E-state index in [4.69, 9.17) is 4.74 Å². The number of rotatable bonds is 13. The van der Waals surface area contributed by atoms with Crippen LogP contribution < -0.4 is 14.4 Å². The van der Waals surface area contributed by atoms with Crippen molar-refractivity contribution < 1.29 is 28.2 Å². The van der Waals surface area contributed by atoms with Crippen LogP contribution in [0.3, 0.4) is 0 Å². The summed E-state index contributed by atoms with van der Waals surface area (Å²) in [5, 5.41) is 14.5. The van der Waals surface area contributed by atoms with Gasteiger partial charge in [-0.25, -0.2) is 4.79 Å². The number of hydrogen-bond acceptors (Lipinski definition) is 5. The summed E-state index contributed by atoms with van der Waals surface area (Å²) in [6.07, 6.45) is 0.956. The molecule has 2 N–H and O–H groups in total. The lowest BCUT2D eigenvalue weighted by Gasteiger charge is -2.32. The van der Waals surface area contributed by atoms with Gasteiger partial charge in [0.25, 0.3) is 5.91 Å². The lowest BCUT2D eigenvalue weighted by atomic mass is 10.0. The number of halogens is 1. The molecule has 8 nitrogen and oxygen atoms in total. The Bertz CT molecular complexity index is 1470. The molecule has 40 heavy (non-hydrogen) atoms. The maximum atomic E-state index is 12.3. The number of nitrogens with zero attached hydrogens (tertiary/aromatic N) is 1. The Labute approximate surface area is 243 Å². The molecule has 0 aliphatic heterocycles. The topological polar surface area (TPSA) is 119 Å². The van der Waals surface area contributed by atoms with Crippen molar-refractivity contribution in [2.75, 3.05) is 17.5 Å². The number of carbonyl (C=O) groups excluding carboxylic acids is 1. The second-order valence-electron chi connectivity index (χ2n) is 9.06. The van der Waals surface area contributed by atoms with Gasteiger partial charge < -0.3 is 19.7 Å². The standard InChI is InChI=1S/C30H29BrN2O6S/c31-24-15-11-21(12-16-24)22-13-17-25(18-14-22)33(40(37)38)27(30(35)36)9-3-4-19-32-29(34)20-39-28-10-5-7-23-6-1-2-8-26(23)28/h1-2,5-8,10-18,27H,3-4,9,19-20H2,(H,32,34)(H,35,36)(H,37,38)/p-1. The fourth-order valence-electron chi connectivity index (χ4n) is 4.36. The number of benzene rings is 4. The fourth-order valence-corrected chi connectivity index (χ4v) is 5.32. The normalized spacial score (nSPS) is 12.4. The number of nitrogens with one attached hydrogen (secondary N) is 1. The van der Waals surface area contributed by atoms with Gasteiger partial charge in [0.2, 0.25) is 0 Å². The molecular weight excluding hydrogens is 596 g/mol. The Hall–Kier alpha value is -3.73. The van der Waals surface area contributed by atoms with Gasteiger partial charge in [-0.2, -0.15) is 0 Å². The second kappa shape index (κ2) is 14.1. The summed E-state index contributed by atoms with van der Waals surface area (Å²) in [5.74, 6) is -0.919. The van der Waals surface area contributed by atoms with Crippen LogP contribution >= 0.6 is 15.9 Å². The van der Waals surface area contributed by atoms with Crippen molar-refractivity contribution in [2.24, 2.45) is 0 Å². The Balaban J connectivity index is 1.28. The van der Waals surface area contributed by atoms with E-state index in [0.717, 1.165) is 30.7 Å². The third-order valence-electron chi connectivity index (χ3n) is 6.36. The van der Waals surface area contributed by atoms with E-state index >= 15 is 0 Å². The third-order valence-corrected chi connectivity index (χ3v) is 7.68. The van der Waals surface area contributed by atoms with Gasteiger partial charge in [0.05, 0.1) is 0 Å². The van der Waals surface area contributed by atoms with Crippen LogP contribution in [0.25, 0.3) is 21.9 Å². The molecule has 4 rings (SSSR count). The number of aliphatic carboxylic acids is 1. The molecule has 4 aromatic rings. The van der Waals surface area contributed by atoms with Gasteiger partial charge >= 0.3 is 5.97 Å². The molecule has 0 aromatic heterocycles. The summed E-state index contributed by atoms with van der Waals surface area (Å²) in [4.78, 5) is 24.3. The van der Waals surface area contributed by atoms with Gasteiger partial charge in [-0.15, -0.1) is 0 Å². The highest BCUT2D eigenvalue weighted by Crippen LogP contribution is 2.28. The number of carbonyl (C=O) groups is 2. The number of fused-ring (bicyclic) bond motifs is 1. The monoisotopic (exact) mass is 623 g/mol. The van der Waals surface area contributed by atoms with Gasteiger partial charge in [0, 0.05) is 33.4 Å². The van der Waals surface area contributed by atoms with Crippen LogP contribution in [0.15, 0.2) is 95.5 Å². The van der Waals surface area contributed by atoms with E-state index in [-0.39, 0.29) is 24.6 Å². The van der Waals surface area contributed by atoms with Gasteiger partial charge in [-0.1, -0.05) is 76.6 Å². The van der Waals surface area contributed by atoms with Gasteiger partial charge in [-0.05, 0) is 66.1 Å². The van der Waals surface area contributed by atoms with Crippen molar-refractivity contribution in [3.8, 4) is 16.9 Å². The summed E-state index contributed by atoms with van der Waals surface area (Å²) in [5.41, 5.74) is 2.09. The summed E-state index contributed by atoms with van der Waals surface area (Å²) in [6, 6.07) is 26.5. The molecule has 0 saturated carbocycles. The van der Waals surface area contributed by atoms with E-state index < -0.39 is 23.3 Å². The molecule has 2 atom stereocenters. The van der Waals surface area contributed by atoms with Gasteiger partial charge in [0.15, 0.2) is 6.61 Å². The molecule has 0 aliphatic carbocycles. The average Bonchev–Trinajstić information content (AvgIpc) is 2.95. The Morgan fingerprint density at radius 2 is 1.57 bits per heavy atom. The van der Waals surface area contributed by atoms with Crippen molar-refractivity contribution in [2.45, 2.75) is 25.3 Å². The number of unbranched alkanes of at least 4 members (excludes halogenated alkanes) is 1. The second-order valence-corrected chi connectivity index (χ2v) is 10.8. The fraction of sp³-hybridized carbons (Fsp3) is 0.200. The first-order valence-electron chi connectivity index (χ1n) is 12.7. The number of carboxylic acids is 1. The van der Waals surface area contributed by atoms with Crippen LogP contribution in [0.2, 0.25) is 0 Å². The Morgan fingerprint density at radius 3 is 2.25 bits per heavy atom. The van der Waals surface area contributed by atoms with Crippen LogP contribution in [0.4, 0.5) is 5.69 Å². The molecule has 0 radical (unpaired) electrons. The molecule has 0 fully saturated rings. The van der Waals surface area contributed by atoms with E-state index in [1.54, 1.807) is 24.3 Å². The quantitative estimate of drug-likeness (QED) is 0.146. The predicted molar refractivity (Wildman–Crippen MR) is 159 cm³/mol. The smallest absolute Gasteiger partial charge is 0.327 e. The van der Waals surface area contributed by atoms with E-state index in [9.17, 15) is 23.5 Å². The zero-order valence-electron chi connectivity index (χ0n) is 21.5. The molecule has 10 heteroatoms. The Morgan fingerprint density at radius 1 is 0.925 bits per heavy atom. The number of hydrogen-bond donors (Lipinski definition) is 2. The molecule has 0 heterocycles. The van der Waals surface area contributed by atoms with E-state index in [2.05, 4.69) is 21.2 Å². The highest BCUT2D eigenvalue weighted by atomic mass is 79.9. The highest BCUT2D eigenvalue weighted by molar-refractivity contribution is 9.10. The molecule has 1 amide bonds. The van der Waals surface area contributed by atoms with Crippen molar-refractivity contribution in [3.63, 3.8) is 0 Å². The summed E-state index contributed by atoms with van der Waals surface area (Å²) in [7, 11) is 0. The first kappa shape index (κ1) is 29.3. The maximum absolute atomic E-state index is 12.3. The van der Waals surface area contributed by atoms with E-state index in [1.807, 2.05) is 66.7 Å². The van der Waals surface area contributed by atoms with Crippen molar-refractivity contribution in [1.29, 1.82) is 0 Å². The minimum atomic E-state index is -2.79. The number of carboxylic acid groups (broad SMARTS) is 1. The van der Waals surface area contributed by atoms with Crippen LogP contribution in [0.5, 0.6) is 5.75 Å². The molecule has 208 valence electrons. The van der Waals surface area contributed by atoms with Crippen molar-refractivity contribution in [1.82, 2.24) is 5.32 Å². The van der Waals surface area contributed by atoms with Gasteiger partial charge in [0.1, 0.15) is 11.8 Å². The van der Waals surface area contributed by atoms with Crippen LogP contribution in [-0.4, -0.2) is 44.9 Å². The first-order valence-corrected chi connectivity index (χ1v) is 14.5. The van der Waals surface area contributed by atoms with Gasteiger partial charge in [-0.3, -0.25) is 13.3 Å². The zero-order valence-corrected chi connectivity index (χ0v) is 23.9. The molecular formula is C30H28BrN2O6S-. The predicted octanol–water partition coefficient (Wildman–Crippen LogP) is 5.69. The lowest BCUT2D eigenvalue weighted by molar-refractivity contribution is -0.138. The van der Waals surface area contributed by atoms with Crippen LogP contribution in [-0.2, 0) is 20.9 Å². The van der Waals surface area contributed by atoms with E-state index in [0.29, 0.717) is 25.1 Å². The molecule has 0 saturated heterocycles. The van der Waals surface area contributed by atoms with Crippen molar-refractivity contribution >= 4 is 55.5 Å². The molecule has 0 aliphatic rings. The minimum absolute atomic E-state index is 0.0835. The number of anilines is 1. The Kier molecular flexibility index (Phi) is 10.3. The highest BCUT2D eigenvalue weighted by Gasteiger charge is 2.26. The lowest BCUT2D eigenvalue weighted by Crippen LogP contribution is -2.42. The third kappa shape index (κ3) is 7.68. The zero-order chi connectivity index (χ0) is 28.5.